The van der Waals surface area contributed by atoms with Crippen LogP contribution in [0.3, 0.4) is 0 Å². The second-order valence-electron chi connectivity index (χ2n) is 7.67. The first-order valence-electron chi connectivity index (χ1n) is 10.5. The predicted octanol–water partition coefficient (Wildman–Crippen LogP) is 3.53. The summed E-state index contributed by atoms with van der Waals surface area (Å²) in [5, 5.41) is 12.6. The van der Waals surface area contributed by atoms with Crippen LogP contribution in [0.1, 0.15) is 40.9 Å². The monoisotopic (exact) mass is 419 g/mol. The topological polar surface area (TPSA) is 95.7 Å². The number of para-hydroxylation sites is 1. The molecule has 2 amide bonds. The molecule has 7 heteroatoms. The summed E-state index contributed by atoms with van der Waals surface area (Å²) < 4.78 is 5.53. The van der Waals surface area contributed by atoms with E-state index in [1.165, 1.54) is 6.26 Å². The van der Waals surface area contributed by atoms with Gasteiger partial charge in [0.15, 0.2) is 5.69 Å². The van der Waals surface area contributed by atoms with Gasteiger partial charge in [0.2, 0.25) is 11.8 Å². The molecular formula is C24H25N3O4. The van der Waals surface area contributed by atoms with Crippen molar-refractivity contribution in [3.05, 3.63) is 71.6 Å². The Bertz CT molecular complexity index is 1050. The van der Waals surface area contributed by atoms with Crippen LogP contribution in [0.4, 0.5) is 0 Å². The summed E-state index contributed by atoms with van der Waals surface area (Å²) in [7, 11) is 0. The number of likely N-dealkylation sites (tertiary alicyclic amines) is 1. The maximum absolute atomic E-state index is 12.5. The van der Waals surface area contributed by atoms with Gasteiger partial charge in [-0.05, 0) is 43.0 Å². The fraction of sp³-hybridized carbons (Fsp3) is 0.292. The number of rotatable bonds is 6. The molecule has 1 aliphatic heterocycles. The number of nitrogens with zero attached hydrogens (tertiary/aromatic N) is 2. The Labute approximate surface area is 180 Å². The van der Waals surface area contributed by atoms with Gasteiger partial charge in [0.1, 0.15) is 12.0 Å². The molecule has 2 heterocycles. The molecule has 1 fully saturated rings. The van der Waals surface area contributed by atoms with Gasteiger partial charge in [-0.3, -0.25) is 9.59 Å². The predicted molar refractivity (Wildman–Crippen MR) is 115 cm³/mol. The highest BCUT2D eigenvalue weighted by Crippen LogP contribution is 2.21. The third-order valence-corrected chi connectivity index (χ3v) is 5.40. The lowest BCUT2D eigenvalue weighted by molar-refractivity contribution is -0.120. The molecule has 0 unspecified atom stereocenters. The van der Waals surface area contributed by atoms with Crippen molar-refractivity contribution in [2.75, 3.05) is 13.1 Å². The lowest BCUT2D eigenvalue weighted by Crippen LogP contribution is -2.35. The van der Waals surface area contributed by atoms with E-state index in [0.717, 1.165) is 43.5 Å². The molecule has 0 bridgehead atoms. The number of benzene rings is 2. The van der Waals surface area contributed by atoms with Crippen LogP contribution < -0.4 is 5.32 Å². The molecule has 1 saturated heterocycles. The standard InChI is InChI=1S/C24H25N3O4/c28-21-7-3-2-6-19(21)14-22(29)25-15-17-8-10-18(11-9-17)23-26-20(16-31-23)24(30)27-12-4-1-5-13-27/h2-3,6-11,16,28H,1,4-5,12-15H2,(H,25,29). The van der Waals surface area contributed by atoms with Crippen LogP contribution in [0.25, 0.3) is 11.5 Å². The first-order chi connectivity index (χ1) is 15.1. The van der Waals surface area contributed by atoms with Crippen molar-refractivity contribution in [2.45, 2.75) is 32.2 Å². The number of phenols is 1. The number of carbonyl (C=O) groups is 2. The highest BCUT2D eigenvalue weighted by atomic mass is 16.3. The van der Waals surface area contributed by atoms with Gasteiger partial charge in [0, 0.05) is 30.8 Å². The Balaban J connectivity index is 1.33. The van der Waals surface area contributed by atoms with Crippen LogP contribution in [0.2, 0.25) is 0 Å². The molecule has 0 spiro atoms. The van der Waals surface area contributed by atoms with Gasteiger partial charge in [-0.15, -0.1) is 0 Å². The van der Waals surface area contributed by atoms with Crippen molar-refractivity contribution in [3.63, 3.8) is 0 Å². The van der Waals surface area contributed by atoms with Crippen molar-refractivity contribution in [1.29, 1.82) is 0 Å². The van der Waals surface area contributed by atoms with Crippen LogP contribution >= 0.6 is 0 Å². The first kappa shape index (κ1) is 20.7. The van der Waals surface area contributed by atoms with Gasteiger partial charge < -0.3 is 19.7 Å². The zero-order chi connectivity index (χ0) is 21.6. The number of nitrogens with one attached hydrogen (secondary N) is 1. The van der Waals surface area contributed by atoms with Crippen molar-refractivity contribution < 1.29 is 19.1 Å². The Morgan fingerprint density at radius 1 is 1.03 bits per heavy atom. The Morgan fingerprint density at radius 2 is 1.77 bits per heavy atom. The van der Waals surface area contributed by atoms with E-state index in [9.17, 15) is 14.7 Å². The molecule has 2 N–H and O–H groups in total. The van der Waals surface area contributed by atoms with E-state index < -0.39 is 0 Å². The summed E-state index contributed by atoms with van der Waals surface area (Å²) in [4.78, 5) is 30.9. The Hall–Kier alpha value is -3.61. The molecule has 3 aromatic rings. The third kappa shape index (κ3) is 5.12. The molecule has 0 radical (unpaired) electrons. The summed E-state index contributed by atoms with van der Waals surface area (Å²) >= 11 is 0. The van der Waals surface area contributed by atoms with Crippen LogP contribution in [-0.2, 0) is 17.8 Å². The van der Waals surface area contributed by atoms with Crippen molar-refractivity contribution >= 4 is 11.8 Å². The summed E-state index contributed by atoms with van der Waals surface area (Å²) in [6.07, 6.45) is 4.76. The van der Waals surface area contributed by atoms with E-state index in [1.807, 2.05) is 29.2 Å². The van der Waals surface area contributed by atoms with Gasteiger partial charge >= 0.3 is 0 Å². The van der Waals surface area contributed by atoms with Crippen LogP contribution in [0.5, 0.6) is 5.75 Å². The maximum Gasteiger partial charge on any atom is 0.275 e. The molecule has 2 aromatic carbocycles. The number of hydrogen-bond acceptors (Lipinski definition) is 5. The highest BCUT2D eigenvalue weighted by molar-refractivity contribution is 5.92. The van der Waals surface area contributed by atoms with Gasteiger partial charge in [0.05, 0.1) is 6.42 Å². The van der Waals surface area contributed by atoms with Crippen LogP contribution in [0.15, 0.2) is 59.2 Å². The first-order valence-corrected chi connectivity index (χ1v) is 10.5. The van der Waals surface area contributed by atoms with Gasteiger partial charge in [0.25, 0.3) is 5.91 Å². The molecule has 1 aliphatic rings. The normalized spacial score (nSPS) is 13.7. The number of aromatic hydroxyl groups is 1. The van der Waals surface area contributed by atoms with E-state index in [2.05, 4.69) is 10.3 Å². The van der Waals surface area contributed by atoms with Gasteiger partial charge in [-0.2, -0.15) is 0 Å². The maximum atomic E-state index is 12.5. The van der Waals surface area contributed by atoms with E-state index in [1.54, 1.807) is 24.3 Å². The van der Waals surface area contributed by atoms with Crippen molar-refractivity contribution in [1.82, 2.24) is 15.2 Å². The molecular weight excluding hydrogens is 394 g/mol. The zero-order valence-electron chi connectivity index (χ0n) is 17.2. The van der Waals surface area contributed by atoms with E-state index in [4.69, 9.17) is 4.42 Å². The molecule has 160 valence electrons. The van der Waals surface area contributed by atoms with Crippen molar-refractivity contribution in [2.24, 2.45) is 0 Å². The average molecular weight is 419 g/mol. The molecule has 7 nitrogen and oxygen atoms in total. The zero-order valence-corrected chi connectivity index (χ0v) is 17.2. The number of aromatic nitrogens is 1. The average Bonchev–Trinajstić information content (AvgIpc) is 3.30. The van der Waals surface area contributed by atoms with E-state index >= 15 is 0 Å². The number of piperidine rings is 1. The fourth-order valence-electron chi connectivity index (χ4n) is 3.63. The van der Waals surface area contributed by atoms with Crippen LogP contribution in [-0.4, -0.2) is 39.9 Å². The molecule has 1 aromatic heterocycles. The lowest BCUT2D eigenvalue weighted by atomic mass is 10.1. The number of phenolic OH excluding ortho intramolecular Hbond substituents is 1. The smallest absolute Gasteiger partial charge is 0.275 e. The Kier molecular flexibility index (Phi) is 6.31. The molecule has 0 aliphatic carbocycles. The van der Waals surface area contributed by atoms with Gasteiger partial charge in [-0.25, -0.2) is 4.98 Å². The lowest BCUT2D eigenvalue weighted by Gasteiger charge is -2.25. The second-order valence-corrected chi connectivity index (χ2v) is 7.67. The minimum atomic E-state index is -0.167. The molecule has 0 atom stereocenters. The third-order valence-electron chi connectivity index (χ3n) is 5.40. The molecule has 31 heavy (non-hydrogen) atoms. The number of amides is 2. The van der Waals surface area contributed by atoms with Crippen molar-refractivity contribution in [3.8, 4) is 17.2 Å². The second kappa shape index (κ2) is 9.47. The SMILES string of the molecule is O=C(Cc1ccccc1O)NCc1ccc(-c2nc(C(=O)N3CCCCC3)co2)cc1. The Morgan fingerprint density at radius 3 is 2.52 bits per heavy atom. The summed E-state index contributed by atoms with van der Waals surface area (Å²) in [5.74, 6) is 0.263. The molecule has 4 rings (SSSR count). The minimum absolute atomic E-state index is 0.0847. The quantitative estimate of drug-likeness (QED) is 0.637. The van der Waals surface area contributed by atoms with Gasteiger partial charge in [-0.1, -0.05) is 30.3 Å². The highest BCUT2D eigenvalue weighted by Gasteiger charge is 2.21. The number of hydrogen-bond donors (Lipinski definition) is 2. The van der Waals surface area contributed by atoms with E-state index in [0.29, 0.717) is 23.7 Å². The minimum Gasteiger partial charge on any atom is -0.508 e. The summed E-state index contributed by atoms with van der Waals surface area (Å²) in [6, 6.07) is 14.3. The number of carbonyl (C=O) groups excluding carboxylic acids is 2. The summed E-state index contributed by atoms with van der Waals surface area (Å²) in [6.45, 7) is 1.91. The summed E-state index contributed by atoms with van der Waals surface area (Å²) in [5.41, 5.74) is 2.61. The molecule has 0 saturated carbocycles. The number of oxazole rings is 1. The fourth-order valence-corrected chi connectivity index (χ4v) is 3.63. The van der Waals surface area contributed by atoms with Crippen LogP contribution in [0, 0.1) is 0 Å². The van der Waals surface area contributed by atoms with E-state index in [-0.39, 0.29) is 24.0 Å². The largest absolute Gasteiger partial charge is 0.508 e.